The van der Waals surface area contributed by atoms with E-state index in [4.69, 9.17) is 0 Å². The Bertz CT molecular complexity index is 506. The average molecular weight is 241 g/mol. The van der Waals surface area contributed by atoms with E-state index in [0.717, 1.165) is 21.3 Å². The summed E-state index contributed by atoms with van der Waals surface area (Å²) in [5, 5.41) is 1.86. The lowest BCUT2D eigenvalue weighted by Gasteiger charge is -1.97. The van der Waals surface area contributed by atoms with Gasteiger partial charge in [0.25, 0.3) is 5.16 Å². The predicted octanol–water partition coefficient (Wildman–Crippen LogP) is 1.24. The molecule has 0 N–H and O–H groups in total. The third-order valence-corrected chi connectivity index (χ3v) is 3.44. The molecule has 0 amide bonds. The van der Waals surface area contributed by atoms with Crippen molar-refractivity contribution in [1.29, 1.82) is 0 Å². The number of hydrogen-bond acceptors (Lipinski definition) is 4. The van der Waals surface area contributed by atoms with Gasteiger partial charge in [-0.3, -0.25) is 4.57 Å². The van der Waals surface area contributed by atoms with Crippen LogP contribution in [-0.4, -0.2) is 27.0 Å². The van der Waals surface area contributed by atoms with Gasteiger partial charge < -0.3 is 0 Å². The van der Waals surface area contributed by atoms with Gasteiger partial charge in [0.15, 0.2) is 6.33 Å². The first kappa shape index (κ1) is 10.8. The second-order valence-electron chi connectivity index (χ2n) is 3.23. The van der Waals surface area contributed by atoms with Crippen LogP contribution in [0.4, 0.5) is 0 Å². The summed E-state index contributed by atoms with van der Waals surface area (Å²) in [6.45, 7) is 0. The molecule has 0 saturated carbocycles. The van der Waals surface area contributed by atoms with Crippen molar-refractivity contribution < 1.29 is 4.57 Å². The molecule has 2 aromatic heterocycles. The molecule has 0 atom stereocenters. The number of aryl methyl sites for hydroxylation is 2. The van der Waals surface area contributed by atoms with E-state index in [0.29, 0.717) is 0 Å². The van der Waals surface area contributed by atoms with Crippen LogP contribution in [0.2, 0.25) is 0 Å². The Kier molecular flexibility index (Phi) is 2.88. The minimum Gasteiger partial charge on any atom is -0.261 e. The summed E-state index contributed by atoms with van der Waals surface area (Å²) in [6.07, 6.45) is 6.05. The van der Waals surface area contributed by atoms with Crippen LogP contribution >= 0.6 is 23.5 Å². The van der Waals surface area contributed by atoms with Crippen LogP contribution < -0.4 is 4.57 Å². The standard InChI is InChI=1S/C9H13N4S2/c1-12-5-13(2)7-6(12)8(14-3)11-9(10-7)15-4/h5H,1-4H3/q+1. The predicted molar refractivity (Wildman–Crippen MR) is 63.2 cm³/mol. The van der Waals surface area contributed by atoms with Gasteiger partial charge in [-0.25, -0.2) is 4.57 Å². The summed E-state index contributed by atoms with van der Waals surface area (Å²) in [6, 6.07) is 0. The third-order valence-electron chi connectivity index (χ3n) is 2.22. The molecule has 0 aromatic carbocycles. The van der Waals surface area contributed by atoms with Gasteiger partial charge in [-0.05, 0) is 12.5 Å². The van der Waals surface area contributed by atoms with Gasteiger partial charge in [0.2, 0.25) is 5.52 Å². The number of imidazole rings is 1. The first-order valence-electron chi connectivity index (χ1n) is 4.48. The minimum absolute atomic E-state index is 0.827. The topological polar surface area (TPSA) is 34.6 Å². The van der Waals surface area contributed by atoms with Crippen LogP contribution in [0.5, 0.6) is 0 Å². The van der Waals surface area contributed by atoms with E-state index >= 15 is 0 Å². The van der Waals surface area contributed by atoms with Crippen molar-refractivity contribution in [3.8, 4) is 0 Å². The van der Waals surface area contributed by atoms with Gasteiger partial charge in [-0.1, -0.05) is 16.7 Å². The number of fused-ring (bicyclic) bond motifs is 1. The molecule has 0 spiro atoms. The van der Waals surface area contributed by atoms with E-state index in [9.17, 15) is 0 Å². The zero-order valence-corrected chi connectivity index (χ0v) is 10.8. The molecule has 0 unspecified atom stereocenters. The molecule has 0 radical (unpaired) electrons. The van der Waals surface area contributed by atoms with Crippen LogP contribution in [0.25, 0.3) is 11.2 Å². The Morgan fingerprint density at radius 1 is 1.27 bits per heavy atom. The van der Waals surface area contributed by atoms with E-state index < -0.39 is 0 Å². The van der Waals surface area contributed by atoms with Crippen LogP contribution in [0, 0.1) is 0 Å². The van der Waals surface area contributed by atoms with Gasteiger partial charge >= 0.3 is 5.65 Å². The summed E-state index contributed by atoms with van der Waals surface area (Å²) in [5.41, 5.74) is 2.09. The Balaban J connectivity index is 2.83. The number of rotatable bonds is 2. The zero-order valence-electron chi connectivity index (χ0n) is 9.18. The molecule has 80 valence electrons. The van der Waals surface area contributed by atoms with E-state index in [1.165, 1.54) is 0 Å². The van der Waals surface area contributed by atoms with Crippen LogP contribution in [-0.2, 0) is 14.1 Å². The first-order valence-corrected chi connectivity index (χ1v) is 6.93. The highest BCUT2D eigenvalue weighted by Gasteiger charge is 2.19. The highest BCUT2D eigenvalue weighted by Crippen LogP contribution is 2.23. The van der Waals surface area contributed by atoms with Gasteiger partial charge in [0, 0.05) is 0 Å². The third kappa shape index (κ3) is 1.72. The summed E-state index contributed by atoms with van der Waals surface area (Å²) in [5.74, 6) is 0. The molecule has 2 aromatic rings. The molecule has 2 heterocycles. The molecule has 15 heavy (non-hydrogen) atoms. The molecular weight excluding hydrogens is 228 g/mol. The molecule has 2 rings (SSSR count). The Morgan fingerprint density at radius 2 is 2.00 bits per heavy atom. The monoisotopic (exact) mass is 241 g/mol. The van der Waals surface area contributed by atoms with Crippen LogP contribution in [0.15, 0.2) is 16.5 Å². The fraction of sp³-hybridized carbons (Fsp3) is 0.444. The van der Waals surface area contributed by atoms with E-state index in [2.05, 4.69) is 14.5 Å². The zero-order chi connectivity index (χ0) is 11.0. The van der Waals surface area contributed by atoms with Gasteiger partial charge in [0.05, 0.1) is 14.1 Å². The number of thioether (sulfide) groups is 2. The van der Waals surface area contributed by atoms with Crippen molar-refractivity contribution in [2.24, 2.45) is 14.1 Å². The largest absolute Gasteiger partial charge is 0.307 e. The van der Waals surface area contributed by atoms with Crippen molar-refractivity contribution in [1.82, 2.24) is 14.5 Å². The Labute approximate surface area is 97.1 Å². The van der Waals surface area contributed by atoms with E-state index in [1.54, 1.807) is 23.5 Å². The maximum Gasteiger partial charge on any atom is 0.307 e. The van der Waals surface area contributed by atoms with Crippen LogP contribution in [0.3, 0.4) is 0 Å². The highest BCUT2D eigenvalue weighted by atomic mass is 32.2. The lowest BCUT2D eigenvalue weighted by molar-refractivity contribution is -0.647. The molecule has 0 saturated heterocycles. The van der Waals surface area contributed by atoms with Gasteiger partial charge in [0.1, 0.15) is 5.03 Å². The first-order chi connectivity index (χ1) is 7.17. The van der Waals surface area contributed by atoms with Crippen molar-refractivity contribution >= 4 is 34.7 Å². The van der Waals surface area contributed by atoms with E-state index in [-0.39, 0.29) is 0 Å². The maximum absolute atomic E-state index is 4.50. The quantitative estimate of drug-likeness (QED) is 0.343. The summed E-state index contributed by atoms with van der Waals surface area (Å²) in [7, 11) is 4.02. The lowest BCUT2D eigenvalue weighted by Crippen LogP contribution is -2.26. The fourth-order valence-corrected chi connectivity index (χ4v) is 2.59. The SMILES string of the molecule is CSc1nc(SC)c2c(n1)[n+](C)cn2C. The minimum atomic E-state index is 0.827. The molecule has 6 heteroatoms. The summed E-state index contributed by atoms with van der Waals surface area (Å²) < 4.78 is 4.09. The fourth-order valence-electron chi connectivity index (χ4n) is 1.56. The highest BCUT2D eigenvalue weighted by molar-refractivity contribution is 7.99. The number of nitrogens with zero attached hydrogens (tertiary/aromatic N) is 4. The van der Waals surface area contributed by atoms with Gasteiger partial charge in [-0.2, -0.15) is 4.98 Å². The Hall–Kier alpha value is -0.750. The molecule has 0 bridgehead atoms. The smallest absolute Gasteiger partial charge is 0.261 e. The van der Waals surface area contributed by atoms with Crippen molar-refractivity contribution in [2.45, 2.75) is 10.2 Å². The van der Waals surface area contributed by atoms with Crippen molar-refractivity contribution in [3.63, 3.8) is 0 Å². The number of aromatic nitrogens is 4. The van der Waals surface area contributed by atoms with Crippen LogP contribution in [0.1, 0.15) is 0 Å². The average Bonchev–Trinajstić information content (AvgIpc) is 2.53. The second-order valence-corrected chi connectivity index (χ2v) is 4.80. The lowest BCUT2D eigenvalue weighted by atomic mass is 10.5. The molecule has 0 aliphatic carbocycles. The van der Waals surface area contributed by atoms with Crippen molar-refractivity contribution in [2.75, 3.05) is 12.5 Å². The number of hydrogen-bond donors (Lipinski definition) is 0. The Morgan fingerprint density at radius 3 is 2.60 bits per heavy atom. The summed E-state index contributed by atoms with van der Waals surface area (Å²) in [4.78, 5) is 9.00. The molecule has 0 fully saturated rings. The molecule has 4 nitrogen and oxygen atoms in total. The molecular formula is C9H13N4S2+. The van der Waals surface area contributed by atoms with Gasteiger partial charge in [-0.15, -0.1) is 11.8 Å². The van der Waals surface area contributed by atoms with E-state index in [1.807, 2.05) is 37.5 Å². The molecule has 0 aliphatic rings. The molecule has 0 aliphatic heterocycles. The van der Waals surface area contributed by atoms with Crippen molar-refractivity contribution in [3.05, 3.63) is 6.33 Å². The second kappa shape index (κ2) is 4.02. The maximum atomic E-state index is 4.50. The normalized spacial score (nSPS) is 11.2. The summed E-state index contributed by atoms with van der Waals surface area (Å²) >= 11 is 3.23.